The third-order valence-electron chi connectivity index (χ3n) is 9.98. The van der Waals surface area contributed by atoms with Crippen LogP contribution in [0.15, 0.2) is 36.5 Å². The van der Waals surface area contributed by atoms with Gasteiger partial charge in [0.15, 0.2) is 0 Å². The molecule has 0 spiro atoms. The molecule has 3 aromatic rings. The highest BCUT2D eigenvalue weighted by Gasteiger charge is 2.41. The number of benzene rings is 1. The molecule has 4 atom stereocenters. The Labute approximate surface area is 284 Å². The molecular formula is C35H41FN8O5. The number of carbonyl (C=O) groups is 2. The maximum atomic E-state index is 15.7. The molecule has 4 fully saturated rings. The minimum atomic E-state index is -0.714. The van der Waals surface area contributed by atoms with Gasteiger partial charge in [-0.25, -0.2) is 19.2 Å². The number of morpholine rings is 1. The van der Waals surface area contributed by atoms with E-state index in [1.807, 2.05) is 26.8 Å². The summed E-state index contributed by atoms with van der Waals surface area (Å²) in [7, 11) is 0. The summed E-state index contributed by atoms with van der Waals surface area (Å²) in [6.07, 6.45) is 5.17. The van der Waals surface area contributed by atoms with Crippen molar-refractivity contribution in [2.75, 3.05) is 66.4 Å². The number of ether oxygens (including phenoxy) is 3. The maximum absolute atomic E-state index is 15.7. The fraction of sp³-hybridized carbons (Fsp3) is 0.514. The lowest BCUT2D eigenvalue weighted by molar-refractivity contribution is 0.0302. The number of carbonyl (C=O) groups excluding carboxylic acids is 2. The lowest BCUT2D eigenvalue weighted by Gasteiger charge is -2.33. The number of nitrogens with zero attached hydrogens (tertiary/aromatic N) is 6. The third-order valence-corrected chi connectivity index (χ3v) is 9.98. The van der Waals surface area contributed by atoms with Crippen molar-refractivity contribution in [1.82, 2.24) is 19.9 Å². The van der Waals surface area contributed by atoms with Crippen molar-refractivity contribution in [2.24, 2.45) is 5.92 Å². The number of likely N-dealkylation sites (N-methyl/N-ethyl adjacent to an activating group) is 1. The van der Waals surface area contributed by atoms with Crippen LogP contribution in [0.4, 0.5) is 32.3 Å². The van der Waals surface area contributed by atoms with Crippen LogP contribution in [-0.4, -0.2) is 102 Å². The first-order valence-electron chi connectivity index (χ1n) is 17.1. The molecule has 0 saturated carbocycles. The monoisotopic (exact) mass is 672 g/mol. The van der Waals surface area contributed by atoms with Crippen molar-refractivity contribution in [3.05, 3.63) is 47.9 Å². The summed E-state index contributed by atoms with van der Waals surface area (Å²) in [5, 5.41) is 5.32. The Hall–Kier alpha value is -4.56. The highest BCUT2D eigenvalue weighted by Crippen LogP contribution is 2.39. The number of hydrogen-bond donors (Lipinski definition) is 2. The predicted molar refractivity (Wildman–Crippen MR) is 181 cm³/mol. The number of nitrogens with one attached hydrogen (secondary N) is 2. The topological polar surface area (TPSA) is 134 Å². The van der Waals surface area contributed by atoms with Crippen molar-refractivity contribution in [3.8, 4) is 17.1 Å². The zero-order chi connectivity index (χ0) is 33.9. The summed E-state index contributed by atoms with van der Waals surface area (Å²) < 4.78 is 33.8. The number of hydrogen-bond acceptors (Lipinski definition) is 10. The van der Waals surface area contributed by atoms with Gasteiger partial charge in [0.2, 0.25) is 11.8 Å². The summed E-state index contributed by atoms with van der Waals surface area (Å²) in [5.74, 6) is 0.822. The fourth-order valence-electron chi connectivity index (χ4n) is 7.68. The second-order valence-corrected chi connectivity index (χ2v) is 14.2. The molecule has 7 heterocycles. The number of amides is 3. The summed E-state index contributed by atoms with van der Waals surface area (Å²) >= 11 is 0. The van der Waals surface area contributed by atoms with Gasteiger partial charge in [0, 0.05) is 37.7 Å². The molecule has 2 aromatic heterocycles. The molecule has 2 N–H and O–H groups in total. The van der Waals surface area contributed by atoms with Crippen molar-refractivity contribution in [1.29, 1.82) is 0 Å². The summed E-state index contributed by atoms with van der Waals surface area (Å²) in [4.78, 5) is 47.1. The van der Waals surface area contributed by atoms with E-state index in [1.165, 1.54) is 12.1 Å². The third kappa shape index (κ3) is 6.23. The van der Waals surface area contributed by atoms with Gasteiger partial charge >= 0.3 is 6.03 Å². The van der Waals surface area contributed by atoms with Crippen LogP contribution in [-0.2, 0) is 9.47 Å². The van der Waals surface area contributed by atoms with Crippen LogP contribution in [0.25, 0.3) is 11.3 Å². The minimum absolute atomic E-state index is 0.0284. The molecular weight excluding hydrogens is 631 g/mol. The molecule has 8 rings (SSSR count). The van der Waals surface area contributed by atoms with Crippen LogP contribution in [0.2, 0.25) is 0 Å². The molecule has 5 aliphatic heterocycles. The number of pyridine rings is 1. The Morgan fingerprint density at radius 1 is 1.06 bits per heavy atom. The molecule has 4 bridgehead atoms. The van der Waals surface area contributed by atoms with Crippen molar-refractivity contribution < 1.29 is 28.2 Å². The van der Waals surface area contributed by atoms with Crippen LogP contribution in [0.5, 0.6) is 5.88 Å². The minimum Gasteiger partial charge on any atom is -0.469 e. The molecule has 3 amide bonds. The number of aromatic nitrogens is 3. The van der Waals surface area contributed by atoms with Crippen LogP contribution in [0.1, 0.15) is 50.4 Å². The largest absolute Gasteiger partial charge is 0.469 e. The van der Waals surface area contributed by atoms with Gasteiger partial charge in [0.05, 0.1) is 61.3 Å². The predicted octanol–water partition coefficient (Wildman–Crippen LogP) is 4.55. The zero-order valence-electron chi connectivity index (χ0n) is 27.9. The van der Waals surface area contributed by atoms with Crippen LogP contribution in [0.3, 0.4) is 0 Å². The Bertz CT molecular complexity index is 1760. The van der Waals surface area contributed by atoms with Crippen LogP contribution >= 0.6 is 0 Å². The van der Waals surface area contributed by atoms with Crippen LogP contribution in [0, 0.1) is 11.7 Å². The van der Waals surface area contributed by atoms with Crippen LogP contribution < -0.4 is 25.2 Å². The normalized spacial score (nSPS) is 25.5. The van der Waals surface area contributed by atoms with Gasteiger partial charge in [-0.3, -0.25) is 4.79 Å². The lowest BCUT2D eigenvalue weighted by Crippen LogP contribution is -2.43. The number of rotatable bonds is 6. The van der Waals surface area contributed by atoms with E-state index in [1.54, 1.807) is 23.2 Å². The maximum Gasteiger partial charge on any atom is 0.323 e. The Morgan fingerprint density at radius 2 is 1.88 bits per heavy atom. The second kappa shape index (κ2) is 12.4. The fourth-order valence-corrected chi connectivity index (χ4v) is 7.68. The average molecular weight is 673 g/mol. The highest BCUT2D eigenvalue weighted by molar-refractivity contribution is 6.03. The molecule has 14 heteroatoms. The van der Waals surface area contributed by atoms with E-state index in [4.69, 9.17) is 24.2 Å². The molecule has 0 radical (unpaired) electrons. The molecule has 1 aromatic carbocycles. The SMILES string of the molecule is CCN1CC(C)(C)Oc2nc(N3CC4COCC3C4)nc(-c3ccc(NC(=O)Nc4ccc(N5CC6CCC(C5)O6)nc4)c(F)c3)c2C1=O. The first-order valence-corrected chi connectivity index (χ1v) is 17.1. The smallest absolute Gasteiger partial charge is 0.323 e. The van der Waals surface area contributed by atoms with E-state index in [0.29, 0.717) is 49.4 Å². The molecule has 0 aliphatic carbocycles. The van der Waals surface area contributed by atoms with E-state index < -0.39 is 17.4 Å². The van der Waals surface area contributed by atoms with Gasteiger partial charge in [-0.2, -0.15) is 4.98 Å². The summed E-state index contributed by atoms with van der Waals surface area (Å²) in [6, 6.07) is 7.51. The van der Waals surface area contributed by atoms with Crippen molar-refractivity contribution in [3.63, 3.8) is 0 Å². The number of anilines is 4. The Balaban J connectivity index is 1.04. The van der Waals surface area contributed by atoms with Crippen molar-refractivity contribution in [2.45, 2.75) is 63.9 Å². The number of halogens is 1. The number of fused-ring (bicyclic) bond motifs is 5. The van der Waals surface area contributed by atoms with E-state index in [2.05, 4.69) is 25.4 Å². The van der Waals surface area contributed by atoms with E-state index in [9.17, 15) is 9.59 Å². The summed E-state index contributed by atoms with van der Waals surface area (Å²) in [6.45, 7) is 10.1. The van der Waals surface area contributed by atoms with Gasteiger partial charge in [-0.05, 0) is 64.3 Å². The average Bonchev–Trinajstić information content (AvgIpc) is 3.55. The quantitative estimate of drug-likeness (QED) is 0.384. The number of urea groups is 1. The highest BCUT2D eigenvalue weighted by atomic mass is 19.1. The van der Waals surface area contributed by atoms with Gasteiger partial charge in [0.25, 0.3) is 5.91 Å². The first-order chi connectivity index (χ1) is 23.6. The molecule has 13 nitrogen and oxygen atoms in total. The second-order valence-electron chi connectivity index (χ2n) is 14.2. The van der Waals surface area contributed by atoms with Gasteiger partial charge in [-0.15, -0.1) is 0 Å². The molecule has 258 valence electrons. The standard InChI is InChI=1S/C35H41FN8O5/c1-4-42-19-35(2,3)49-31-29(32(42)45)30(40-33(41-31)44-14-20-11-23(44)18-47-17-20)21-5-9-27(26(36)12-21)39-34(46)38-22-6-10-28(37-13-22)43-15-24-7-8-25(16-43)48-24/h5-6,9-10,12-13,20,23-25H,4,7-8,11,14-19H2,1-3H3,(H2,38,39,46). The van der Waals surface area contributed by atoms with E-state index in [-0.39, 0.29) is 47.0 Å². The Morgan fingerprint density at radius 3 is 2.59 bits per heavy atom. The van der Waals surface area contributed by atoms with Gasteiger partial charge < -0.3 is 39.5 Å². The van der Waals surface area contributed by atoms with Gasteiger partial charge in [-0.1, -0.05) is 6.07 Å². The molecule has 5 aliphatic rings. The van der Waals surface area contributed by atoms with Crippen molar-refractivity contribution >= 4 is 35.1 Å². The lowest BCUT2D eigenvalue weighted by atomic mass is 10.0. The molecule has 4 unspecified atom stereocenters. The van der Waals surface area contributed by atoms with E-state index in [0.717, 1.165) is 44.7 Å². The zero-order valence-corrected chi connectivity index (χ0v) is 27.9. The first kappa shape index (κ1) is 31.7. The van der Waals surface area contributed by atoms with E-state index >= 15 is 4.39 Å². The molecule has 49 heavy (non-hydrogen) atoms. The molecule has 4 saturated heterocycles. The Kier molecular flexibility index (Phi) is 8.02. The summed E-state index contributed by atoms with van der Waals surface area (Å²) in [5.41, 5.74) is 0.564. The van der Waals surface area contributed by atoms with Gasteiger partial charge in [0.1, 0.15) is 22.8 Å².